The van der Waals surface area contributed by atoms with Crippen molar-refractivity contribution in [2.75, 3.05) is 4.90 Å². The normalized spacial score (nSPS) is 11.2. The van der Waals surface area contributed by atoms with Gasteiger partial charge in [0.05, 0.1) is 0 Å². The Kier molecular flexibility index (Phi) is 9.97. The summed E-state index contributed by atoms with van der Waals surface area (Å²) in [5.41, 5.74) is 17.7. The zero-order chi connectivity index (χ0) is 42.0. The third-order valence-electron chi connectivity index (χ3n) is 12.3. The highest BCUT2D eigenvalue weighted by Gasteiger charge is 2.17. The Morgan fingerprint density at radius 1 is 0.206 bits per heavy atom. The number of hydrogen-bond donors (Lipinski definition) is 0. The number of hydrogen-bond acceptors (Lipinski definition) is 1. The maximum atomic E-state index is 2.36. The van der Waals surface area contributed by atoms with Crippen molar-refractivity contribution in [2.45, 2.75) is 0 Å². The first kappa shape index (κ1) is 37.7. The Labute approximate surface area is 369 Å². The van der Waals surface area contributed by atoms with Crippen LogP contribution in [0.2, 0.25) is 0 Å². The second-order valence-corrected chi connectivity index (χ2v) is 16.1. The van der Waals surface area contributed by atoms with Crippen LogP contribution >= 0.6 is 0 Å². The summed E-state index contributed by atoms with van der Waals surface area (Å²) in [4.78, 5) is 2.36. The number of nitrogens with zero attached hydrogens (tertiary/aromatic N) is 1. The first-order valence-electron chi connectivity index (χ1n) is 21.7. The van der Waals surface area contributed by atoms with E-state index in [9.17, 15) is 0 Å². The lowest BCUT2D eigenvalue weighted by Gasteiger charge is -2.26. The quantitative estimate of drug-likeness (QED) is 0.141. The third-order valence-corrected chi connectivity index (χ3v) is 12.3. The Morgan fingerprint density at radius 3 is 1.19 bits per heavy atom. The zero-order valence-corrected chi connectivity index (χ0v) is 34.8. The fourth-order valence-corrected chi connectivity index (χ4v) is 9.00. The van der Waals surface area contributed by atoms with Crippen LogP contribution in [0.3, 0.4) is 0 Å². The summed E-state index contributed by atoms with van der Waals surface area (Å²) >= 11 is 0. The topological polar surface area (TPSA) is 3.24 Å². The van der Waals surface area contributed by atoms with Gasteiger partial charge in [-0.1, -0.05) is 212 Å². The molecule has 1 heteroatoms. The van der Waals surface area contributed by atoms with E-state index in [1.807, 2.05) is 0 Å². The van der Waals surface area contributed by atoms with Gasteiger partial charge in [-0.2, -0.15) is 0 Å². The molecule has 11 aromatic carbocycles. The largest absolute Gasteiger partial charge is 0.311 e. The highest BCUT2D eigenvalue weighted by atomic mass is 15.1. The zero-order valence-electron chi connectivity index (χ0n) is 34.8. The number of rotatable bonds is 9. The minimum Gasteiger partial charge on any atom is -0.311 e. The van der Waals surface area contributed by atoms with E-state index in [2.05, 4.69) is 266 Å². The summed E-state index contributed by atoms with van der Waals surface area (Å²) < 4.78 is 0. The van der Waals surface area contributed by atoms with E-state index in [0.717, 1.165) is 17.1 Å². The Balaban J connectivity index is 0.961. The van der Waals surface area contributed by atoms with Crippen LogP contribution in [0.25, 0.3) is 88.3 Å². The molecule has 11 aromatic rings. The Hall–Kier alpha value is -8.26. The van der Waals surface area contributed by atoms with E-state index in [1.54, 1.807) is 0 Å². The van der Waals surface area contributed by atoms with Gasteiger partial charge in [-0.05, 0) is 137 Å². The average molecular weight is 802 g/mol. The first-order valence-corrected chi connectivity index (χ1v) is 21.7. The molecule has 0 aliphatic carbocycles. The lowest BCUT2D eigenvalue weighted by Crippen LogP contribution is -2.09. The molecule has 0 fully saturated rings. The number of fused-ring (bicyclic) bond motifs is 2. The van der Waals surface area contributed by atoms with Crippen molar-refractivity contribution in [1.29, 1.82) is 0 Å². The van der Waals surface area contributed by atoms with Gasteiger partial charge in [0.1, 0.15) is 0 Å². The molecule has 0 amide bonds. The van der Waals surface area contributed by atoms with Crippen LogP contribution in [-0.2, 0) is 0 Å². The second-order valence-electron chi connectivity index (χ2n) is 16.1. The highest BCUT2D eigenvalue weighted by Crippen LogP contribution is 2.42. The van der Waals surface area contributed by atoms with E-state index in [4.69, 9.17) is 0 Å². The molecule has 11 rings (SSSR count). The monoisotopic (exact) mass is 801 g/mol. The van der Waals surface area contributed by atoms with E-state index in [1.165, 1.54) is 88.3 Å². The highest BCUT2D eigenvalue weighted by molar-refractivity contribution is 6.04. The van der Waals surface area contributed by atoms with Crippen molar-refractivity contribution in [3.63, 3.8) is 0 Å². The van der Waals surface area contributed by atoms with Gasteiger partial charge < -0.3 is 4.90 Å². The summed E-state index contributed by atoms with van der Waals surface area (Å²) in [7, 11) is 0. The maximum absolute atomic E-state index is 2.36. The lowest BCUT2D eigenvalue weighted by atomic mass is 9.89. The van der Waals surface area contributed by atoms with E-state index in [0.29, 0.717) is 0 Å². The molecule has 0 N–H and O–H groups in total. The summed E-state index contributed by atoms with van der Waals surface area (Å²) in [6.07, 6.45) is 0. The molecule has 0 spiro atoms. The van der Waals surface area contributed by atoms with Crippen LogP contribution in [0.5, 0.6) is 0 Å². The standard InChI is InChI=1S/C62H43N/c1-3-12-44(13-4-1)46-22-24-47(25-23-46)48-28-35-57(36-29-48)63(58-37-30-49(31-38-58)54-19-11-20-55(42-54)56-27-26-45-14-7-8-18-53(45)43-56)59-39-32-52(33-40-59)62-60-21-10-9-17-51(60)34-41-61(62)50-15-5-2-6-16-50/h1-43H. The van der Waals surface area contributed by atoms with Gasteiger partial charge >= 0.3 is 0 Å². The molecule has 0 aliphatic rings. The molecule has 63 heavy (non-hydrogen) atoms. The predicted molar refractivity (Wildman–Crippen MR) is 269 cm³/mol. The third kappa shape index (κ3) is 7.58. The van der Waals surface area contributed by atoms with E-state index in [-0.39, 0.29) is 0 Å². The van der Waals surface area contributed by atoms with Crippen LogP contribution in [0.1, 0.15) is 0 Å². The molecule has 0 saturated carbocycles. The van der Waals surface area contributed by atoms with Crippen molar-refractivity contribution >= 4 is 38.6 Å². The van der Waals surface area contributed by atoms with Gasteiger partial charge in [-0.3, -0.25) is 0 Å². The Bertz CT molecular complexity index is 3330. The molecular weight excluding hydrogens is 759 g/mol. The first-order chi connectivity index (χ1) is 31.2. The van der Waals surface area contributed by atoms with Gasteiger partial charge in [0.25, 0.3) is 0 Å². The van der Waals surface area contributed by atoms with Gasteiger partial charge in [0.15, 0.2) is 0 Å². The van der Waals surface area contributed by atoms with Crippen LogP contribution in [0, 0.1) is 0 Å². The van der Waals surface area contributed by atoms with Crippen molar-refractivity contribution < 1.29 is 0 Å². The molecule has 0 heterocycles. The number of anilines is 3. The molecule has 0 aromatic heterocycles. The molecule has 0 unspecified atom stereocenters. The molecule has 0 aliphatic heterocycles. The Morgan fingerprint density at radius 2 is 0.587 bits per heavy atom. The summed E-state index contributed by atoms with van der Waals surface area (Å²) in [5.74, 6) is 0. The molecule has 0 atom stereocenters. The van der Waals surface area contributed by atoms with Crippen LogP contribution in [0.15, 0.2) is 261 Å². The molecule has 296 valence electrons. The summed E-state index contributed by atoms with van der Waals surface area (Å²) in [5, 5.41) is 4.98. The van der Waals surface area contributed by atoms with Gasteiger partial charge in [-0.25, -0.2) is 0 Å². The van der Waals surface area contributed by atoms with Gasteiger partial charge in [-0.15, -0.1) is 0 Å². The van der Waals surface area contributed by atoms with Crippen LogP contribution < -0.4 is 4.90 Å². The van der Waals surface area contributed by atoms with Crippen LogP contribution in [-0.4, -0.2) is 0 Å². The minimum absolute atomic E-state index is 1.09. The summed E-state index contributed by atoms with van der Waals surface area (Å²) in [6, 6.07) is 94.6. The van der Waals surface area contributed by atoms with Crippen molar-refractivity contribution in [2.24, 2.45) is 0 Å². The summed E-state index contributed by atoms with van der Waals surface area (Å²) in [6.45, 7) is 0. The smallest absolute Gasteiger partial charge is 0.0462 e. The second kappa shape index (κ2) is 16.7. The lowest BCUT2D eigenvalue weighted by molar-refractivity contribution is 1.28. The predicted octanol–water partition coefficient (Wildman–Crippen LogP) is 17.5. The number of benzene rings is 11. The fraction of sp³-hybridized carbons (Fsp3) is 0. The molecule has 0 saturated heterocycles. The average Bonchev–Trinajstić information content (AvgIpc) is 3.37. The van der Waals surface area contributed by atoms with Crippen LogP contribution in [0.4, 0.5) is 17.1 Å². The van der Waals surface area contributed by atoms with Gasteiger partial charge in [0, 0.05) is 17.1 Å². The molecule has 0 bridgehead atoms. The van der Waals surface area contributed by atoms with Crippen molar-refractivity contribution in [3.8, 4) is 66.8 Å². The fourth-order valence-electron chi connectivity index (χ4n) is 9.00. The molecular formula is C62H43N. The minimum atomic E-state index is 1.09. The SMILES string of the molecule is c1ccc(-c2ccc(-c3ccc(N(c4ccc(-c5cccc(-c6ccc7ccccc7c6)c5)cc4)c4ccc(-c5c(-c6ccccc6)ccc6ccccc56)cc4)cc3)cc2)cc1. The maximum Gasteiger partial charge on any atom is 0.0462 e. The molecule has 1 nitrogen and oxygen atoms in total. The van der Waals surface area contributed by atoms with Crippen molar-refractivity contribution in [1.82, 2.24) is 0 Å². The molecule has 0 radical (unpaired) electrons. The van der Waals surface area contributed by atoms with Crippen molar-refractivity contribution in [3.05, 3.63) is 261 Å². The van der Waals surface area contributed by atoms with E-state index < -0.39 is 0 Å². The van der Waals surface area contributed by atoms with Gasteiger partial charge in [0.2, 0.25) is 0 Å². The van der Waals surface area contributed by atoms with E-state index >= 15 is 0 Å².